The van der Waals surface area contributed by atoms with Crippen molar-refractivity contribution in [2.45, 2.75) is 102 Å². The van der Waals surface area contributed by atoms with Crippen LogP contribution in [0.4, 0.5) is 17.1 Å². The van der Waals surface area contributed by atoms with Gasteiger partial charge < -0.3 is 15.5 Å². The molecular weight excluding hydrogens is 522 g/mol. The average molecular weight is 570 g/mol. The minimum Gasteiger partial charge on any atom is -0.382 e. The molecule has 0 radical (unpaired) electrons. The number of rotatable bonds is 6. The summed E-state index contributed by atoms with van der Waals surface area (Å²) in [6, 6.07) is 19.3. The van der Waals surface area contributed by atoms with Gasteiger partial charge in [-0.1, -0.05) is 72.9 Å². The second kappa shape index (κ2) is 11.9. The first-order chi connectivity index (χ1) is 21.3. The van der Waals surface area contributed by atoms with Crippen molar-refractivity contribution in [3.05, 3.63) is 107 Å². The highest BCUT2D eigenvalue weighted by atomic mass is 15.2. The van der Waals surface area contributed by atoms with Gasteiger partial charge in [0.1, 0.15) is 0 Å². The molecule has 5 aliphatic carbocycles. The zero-order valence-corrected chi connectivity index (χ0v) is 25.7. The second-order valence-corrected chi connectivity index (χ2v) is 13.8. The van der Waals surface area contributed by atoms with E-state index >= 15 is 0 Å². The molecule has 43 heavy (non-hydrogen) atoms. The maximum atomic E-state index is 3.95. The summed E-state index contributed by atoms with van der Waals surface area (Å²) in [7, 11) is 0. The molecule has 1 heterocycles. The SMILES string of the molecule is C1=CCCC(C2CCCCC2Nc2ccc(NC3=C4c5ccccc5N(C5=CC=C6CCCCC6C5)C4CCC3)cc2)=C1. The van der Waals surface area contributed by atoms with Gasteiger partial charge in [-0.3, -0.25) is 0 Å². The molecule has 2 fully saturated rings. The van der Waals surface area contributed by atoms with E-state index in [2.05, 4.69) is 94.4 Å². The molecule has 0 saturated heterocycles. The lowest BCUT2D eigenvalue weighted by Crippen LogP contribution is -2.35. The fourth-order valence-corrected chi connectivity index (χ4v) is 9.10. The lowest BCUT2D eigenvalue weighted by molar-refractivity contribution is 0.359. The van der Waals surface area contributed by atoms with Crippen LogP contribution in [0.3, 0.4) is 0 Å². The van der Waals surface area contributed by atoms with E-state index in [0.717, 1.165) is 12.3 Å². The number of fused-ring (bicyclic) bond motifs is 4. The highest BCUT2D eigenvalue weighted by Crippen LogP contribution is 2.51. The molecule has 2 N–H and O–H groups in total. The number of para-hydroxylation sites is 1. The molecule has 6 aliphatic rings. The van der Waals surface area contributed by atoms with Crippen LogP contribution < -0.4 is 15.5 Å². The summed E-state index contributed by atoms with van der Waals surface area (Å²) in [5, 5.41) is 7.88. The molecule has 2 saturated carbocycles. The quantitative estimate of drug-likeness (QED) is 0.362. The molecule has 4 atom stereocenters. The monoisotopic (exact) mass is 569 g/mol. The van der Waals surface area contributed by atoms with Crippen molar-refractivity contribution in [3.63, 3.8) is 0 Å². The van der Waals surface area contributed by atoms with Crippen LogP contribution in [-0.2, 0) is 0 Å². The third-order valence-corrected chi connectivity index (χ3v) is 11.2. The Balaban J connectivity index is 1.03. The van der Waals surface area contributed by atoms with Gasteiger partial charge in [0.05, 0.1) is 6.04 Å². The zero-order chi connectivity index (χ0) is 28.6. The van der Waals surface area contributed by atoms with Crippen LogP contribution in [-0.4, -0.2) is 12.1 Å². The smallest absolute Gasteiger partial charge is 0.0612 e. The van der Waals surface area contributed by atoms with Gasteiger partial charge in [-0.15, -0.1) is 0 Å². The normalized spacial score (nSPS) is 28.3. The number of anilines is 3. The number of nitrogens with zero attached hydrogens (tertiary/aromatic N) is 1. The summed E-state index contributed by atoms with van der Waals surface area (Å²) in [6.07, 6.45) is 29.8. The number of nitrogens with one attached hydrogen (secondary N) is 2. The van der Waals surface area contributed by atoms with Gasteiger partial charge in [-0.05, 0) is 113 Å². The molecular formula is C40H47N3. The molecule has 8 rings (SSSR count). The Kier molecular flexibility index (Phi) is 7.51. The number of hydrogen-bond donors (Lipinski definition) is 2. The molecule has 1 aliphatic heterocycles. The average Bonchev–Trinajstić information content (AvgIpc) is 3.41. The highest BCUT2D eigenvalue weighted by Gasteiger charge is 2.40. The van der Waals surface area contributed by atoms with Crippen LogP contribution in [0, 0.1) is 11.8 Å². The zero-order valence-electron chi connectivity index (χ0n) is 25.7. The minimum atomic E-state index is 0.437. The molecule has 222 valence electrons. The second-order valence-electron chi connectivity index (χ2n) is 13.8. The summed E-state index contributed by atoms with van der Waals surface area (Å²) in [4.78, 5) is 2.72. The van der Waals surface area contributed by atoms with Crippen molar-refractivity contribution in [2.75, 3.05) is 15.5 Å². The Morgan fingerprint density at radius 2 is 1.56 bits per heavy atom. The van der Waals surface area contributed by atoms with E-state index in [1.54, 1.807) is 11.1 Å². The molecule has 0 aromatic heterocycles. The molecule has 0 bridgehead atoms. The van der Waals surface area contributed by atoms with E-state index in [1.165, 1.54) is 123 Å². The predicted molar refractivity (Wildman–Crippen MR) is 182 cm³/mol. The number of allylic oxidation sites excluding steroid dienone is 8. The molecule has 0 amide bonds. The molecule has 2 aromatic rings. The van der Waals surface area contributed by atoms with Crippen LogP contribution in [0.15, 0.2) is 101 Å². The Morgan fingerprint density at radius 1 is 0.698 bits per heavy atom. The summed E-state index contributed by atoms with van der Waals surface area (Å²) < 4.78 is 0. The van der Waals surface area contributed by atoms with E-state index in [-0.39, 0.29) is 0 Å². The predicted octanol–water partition coefficient (Wildman–Crippen LogP) is 10.5. The van der Waals surface area contributed by atoms with Crippen LogP contribution in [0.1, 0.15) is 95.5 Å². The first kappa shape index (κ1) is 27.1. The van der Waals surface area contributed by atoms with E-state index in [4.69, 9.17) is 0 Å². The standard InChI is InChI=1S/C40H47N3/c1-2-12-29(13-3-1)34-15-6-8-17-36(34)41-31-22-24-32(25-23-31)42-37-18-10-20-39-40(37)35-16-7-9-19-38(35)43(39)33-26-21-28-11-4-5-14-30(28)27-33/h1-2,7,9,12,16,19,21-26,30,34,36,39,41-42H,3-6,8,10-11,13-15,17-18,20,27H2. The maximum absolute atomic E-state index is 3.95. The molecule has 3 heteroatoms. The molecule has 0 spiro atoms. The van der Waals surface area contributed by atoms with Crippen molar-refractivity contribution in [1.82, 2.24) is 0 Å². The summed E-state index contributed by atoms with van der Waals surface area (Å²) >= 11 is 0. The van der Waals surface area contributed by atoms with Crippen LogP contribution >= 0.6 is 0 Å². The number of hydrogen-bond acceptors (Lipinski definition) is 3. The van der Waals surface area contributed by atoms with Gasteiger partial charge in [0.25, 0.3) is 0 Å². The van der Waals surface area contributed by atoms with Crippen molar-refractivity contribution >= 4 is 22.6 Å². The van der Waals surface area contributed by atoms with E-state index in [9.17, 15) is 0 Å². The Bertz CT molecular complexity index is 1500. The van der Waals surface area contributed by atoms with Gasteiger partial charge in [0.2, 0.25) is 0 Å². The third-order valence-electron chi connectivity index (χ3n) is 11.2. The highest BCUT2D eigenvalue weighted by molar-refractivity contribution is 5.92. The van der Waals surface area contributed by atoms with Gasteiger partial charge >= 0.3 is 0 Å². The Morgan fingerprint density at radius 3 is 2.47 bits per heavy atom. The first-order valence-corrected chi connectivity index (χ1v) is 17.3. The minimum absolute atomic E-state index is 0.437. The van der Waals surface area contributed by atoms with Crippen LogP contribution in [0.25, 0.3) is 5.57 Å². The lowest BCUT2D eigenvalue weighted by atomic mass is 9.77. The Labute approximate surface area is 258 Å². The van der Waals surface area contributed by atoms with Crippen LogP contribution in [0.2, 0.25) is 0 Å². The topological polar surface area (TPSA) is 27.3 Å². The van der Waals surface area contributed by atoms with Crippen molar-refractivity contribution in [1.29, 1.82) is 0 Å². The lowest BCUT2D eigenvalue weighted by Gasteiger charge is -2.37. The van der Waals surface area contributed by atoms with Gasteiger partial charge in [0, 0.05) is 51.6 Å². The van der Waals surface area contributed by atoms with Gasteiger partial charge in [0.15, 0.2) is 0 Å². The third kappa shape index (κ3) is 5.30. The van der Waals surface area contributed by atoms with Gasteiger partial charge in [-0.25, -0.2) is 0 Å². The van der Waals surface area contributed by atoms with Crippen LogP contribution in [0.5, 0.6) is 0 Å². The van der Waals surface area contributed by atoms with E-state index in [1.807, 2.05) is 0 Å². The van der Waals surface area contributed by atoms with Crippen molar-refractivity contribution in [2.24, 2.45) is 11.8 Å². The largest absolute Gasteiger partial charge is 0.382 e. The van der Waals surface area contributed by atoms with E-state index < -0.39 is 0 Å². The molecule has 3 nitrogen and oxygen atoms in total. The molecule has 4 unspecified atom stereocenters. The Hall–Kier alpha value is -3.46. The fraction of sp³-hybridized carbons (Fsp3) is 0.450. The first-order valence-electron chi connectivity index (χ1n) is 17.3. The van der Waals surface area contributed by atoms with E-state index in [0.29, 0.717) is 18.0 Å². The maximum Gasteiger partial charge on any atom is 0.0612 e. The van der Waals surface area contributed by atoms with Crippen molar-refractivity contribution < 1.29 is 0 Å². The van der Waals surface area contributed by atoms with Gasteiger partial charge in [-0.2, -0.15) is 0 Å². The summed E-state index contributed by atoms with van der Waals surface area (Å²) in [5.41, 5.74) is 13.1. The summed E-state index contributed by atoms with van der Waals surface area (Å²) in [6.45, 7) is 0. The number of benzene rings is 2. The van der Waals surface area contributed by atoms with Crippen molar-refractivity contribution in [3.8, 4) is 0 Å². The fourth-order valence-electron chi connectivity index (χ4n) is 9.10. The summed E-state index contributed by atoms with van der Waals surface area (Å²) in [5.74, 6) is 1.43. The molecule has 2 aromatic carbocycles.